The van der Waals surface area contributed by atoms with Crippen LogP contribution in [0.15, 0.2) is 30.5 Å². The minimum absolute atomic E-state index is 0.0441. The summed E-state index contributed by atoms with van der Waals surface area (Å²) in [5.41, 5.74) is 3.17. The minimum Gasteiger partial charge on any atom is -0.368 e. The molecule has 2 aromatic rings. The lowest BCUT2D eigenvalue weighted by atomic mass is 10.2. The van der Waals surface area contributed by atoms with Gasteiger partial charge in [-0.3, -0.25) is 4.79 Å². The summed E-state index contributed by atoms with van der Waals surface area (Å²) in [5, 5.41) is 0. The van der Waals surface area contributed by atoms with Crippen LogP contribution in [-0.2, 0) is 0 Å². The van der Waals surface area contributed by atoms with E-state index in [0.717, 1.165) is 16.9 Å². The van der Waals surface area contributed by atoms with Gasteiger partial charge in [-0.15, -0.1) is 0 Å². The molecule has 6 heteroatoms. The lowest BCUT2D eigenvalue weighted by Crippen LogP contribution is -2.49. The second-order valence-corrected chi connectivity index (χ2v) is 5.79. The Labute approximate surface area is 134 Å². The first-order valence-electron chi connectivity index (χ1n) is 7.64. The number of carbonyl (C=O) groups is 1. The number of nitrogens with zero attached hydrogens (tertiary/aromatic N) is 4. The third-order valence-corrected chi connectivity index (χ3v) is 3.96. The van der Waals surface area contributed by atoms with Crippen molar-refractivity contribution in [2.24, 2.45) is 0 Å². The van der Waals surface area contributed by atoms with Crippen LogP contribution in [0, 0.1) is 19.8 Å². The fraction of sp³-hybridized carbons (Fsp3) is 0.353. The van der Waals surface area contributed by atoms with Crippen LogP contribution in [0.25, 0.3) is 0 Å². The Balaban J connectivity index is 1.67. The van der Waals surface area contributed by atoms with Crippen LogP contribution in [0.3, 0.4) is 0 Å². The molecule has 0 unspecified atom stereocenters. The predicted molar refractivity (Wildman–Crippen MR) is 86.0 cm³/mol. The molecule has 0 atom stereocenters. The molecule has 120 valence electrons. The van der Waals surface area contributed by atoms with E-state index in [1.165, 1.54) is 12.3 Å². The van der Waals surface area contributed by atoms with Crippen molar-refractivity contribution < 1.29 is 9.18 Å². The summed E-state index contributed by atoms with van der Waals surface area (Å²) in [5.74, 6) is -0.530. The average Bonchev–Trinajstić information content (AvgIpc) is 2.53. The molecule has 1 saturated heterocycles. The van der Waals surface area contributed by atoms with Crippen molar-refractivity contribution in [1.82, 2.24) is 14.9 Å². The standard InChI is InChI=1S/C17H19FN4O/c1-12-9-13(2)20-15(10-12)17(23)22-7-5-21(6-8-22)14-3-4-19-16(18)11-14/h3-4,9-11H,5-8H2,1-2H3. The fourth-order valence-corrected chi connectivity index (χ4v) is 2.87. The predicted octanol–water partition coefficient (Wildman–Crippen LogP) is 2.19. The maximum absolute atomic E-state index is 13.2. The molecule has 0 radical (unpaired) electrons. The van der Waals surface area contributed by atoms with E-state index in [-0.39, 0.29) is 5.91 Å². The number of hydrogen-bond donors (Lipinski definition) is 0. The molecule has 23 heavy (non-hydrogen) atoms. The second-order valence-electron chi connectivity index (χ2n) is 5.79. The molecule has 1 fully saturated rings. The highest BCUT2D eigenvalue weighted by Crippen LogP contribution is 2.17. The number of amides is 1. The Morgan fingerprint density at radius 2 is 1.87 bits per heavy atom. The Bertz CT molecular complexity index is 706. The van der Waals surface area contributed by atoms with Gasteiger partial charge in [-0.25, -0.2) is 9.97 Å². The zero-order chi connectivity index (χ0) is 16.4. The number of anilines is 1. The van der Waals surface area contributed by atoms with Crippen molar-refractivity contribution in [1.29, 1.82) is 0 Å². The maximum Gasteiger partial charge on any atom is 0.272 e. The van der Waals surface area contributed by atoms with Crippen molar-refractivity contribution in [2.45, 2.75) is 13.8 Å². The normalized spacial score (nSPS) is 14.9. The highest BCUT2D eigenvalue weighted by molar-refractivity contribution is 5.92. The number of rotatable bonds is 2. The van der Waals surface area contributed by atoms with E-state index < -0.39 is 5.95 Å². The topological polar surface area (TPSA) is 49.3 Å². The summed E-state index contributed by atoms with van der Waals surface area (Å²) >= 11 is 0. The molecule has 3 heterocycles. The van der Waals surface area contributed by atoms with Gasteiger partial charge in [0.1, 0.15) is 5.69 Å². The van der Waals surface area contributed by atoms with Gasteiger partial charge in [0.25, 0.3) is 5.91 Å². The smallest absolute Gasteiger partial charge is 0.272 e. The first kappa shape index (κ1) is 15.4. The SMILES string of the molecule is Cc1cc(C)nc(C(=O)N2CCN(c3ccnc(F)c3)CC2)c1. The van der Waals surface area contributed by atoms with Crippen molar-refractivity contribution in [3.05, 3.63) is 53.4 Å². The molecule has 1 aliphatic rings. The van der Waals surface area contributed by atoms with Crippen molar-refractivity contribution >= 4 is 11.6 Å². The second kappa shape index (κ2) is 6.32. The molecule has 0 aromatic carbocycles. The van der Waals surface area contributed by atoms with Crippen molar-refractivity contribution in [2.75, 3.05) is 31.1 Å². The number of aromatic nitrogens is 2. The van der Waals surface area contributed by atoms with Gasteiger partial charge in [0.15, 0.2) is 0 Å². The van der Waals surface area contributed by atoms with Gasteiger partial charge in [-0.05, 0) is 37.6 Å². The monoisotopic (exact) mass is 314 g/mol. The Kier molecular flexibility index (Phi) is 4.23. The van der Waals surface area contributed by atoms with Crippen LogP contribution in [0.2, 0.25) is 0 Å². The highest BCUT2D eigenvalue weighted by Gasteiger charge is 2.23. The molecule has 0 bridgehead atoms. The van der Waals surface area contributed by atoms with Gasteiger partial charge in [-0.2, -0.15) is 4.39 Å². The molecule has 1 amide bonds. The Morgan fingerprint density at radius 1 is 1.13 bits per heavy atom. The summed E-state index contributed by atoms with van der Waals surface area (Å²) in [4.78, 5) is 24.3. The third-order valence-electron chi connectivity index (χ3n) is 3.96. The Hall–Kier alpha value is -2.50. The van der Waals surface area contributed by atoms with E-state index in [0.29, 0.717) is 31.9 Å². The molecule has 0 aliphatic carbocycles. The van der Waals surface area contributed by atoms with Crippen molar-refractivity contribution in [3.63, 3.8) is 0 Å². The molecule has 0 spiro atoms. The van der Waals surface area contributed by atoms with Crippen LogP contribution in [0.4, 0.5) is 10.1 Å². The number of carbonyl (C=O) groups excluding carboxylic acids is 1. The van der Waals surface area contributed by atoms with Gasteiger partial charge in [-0.1, -0.05) is 0 Å². The van der Waals surface area contributed by atoms with Gasteiger partial charge < -0.3 is 9.80 Å². The van der Waals surface area contributed by atoms with Crippen molar-refractivity contribution in [3.8, 4) is 0 Å². The molecule has 5 nitrogen and oxygen atoms in total. The van der Waals surface area contributed by atoms with E-state index in [2.05, 4.69) is 14.9 Å². The molecule has 1 aliphatic heterocycles. The summed E-state index contributed by atoms with van der Waals surface area (Å²) in [6.45, 7) is 6.37. The number of piperazine rings is 1. The minimum atomic E-state index is -0.486. The van der Waals surface area contributed by atoms with E-state index in [1.54, 1.807) is 11.0 Å². The number of halogens is 1. The molecule has 0 N–H and O–H groups in total. The molecule has 2 aromatic heterocycles. The van der Waals surface area contributed by atoms with Gasteiger partial charge >= 0.3 is 0 Å². The highest BCUT2D eigenvalue weighted by atomic mass is 19.1. The van der Waals surface area contributed by atoms with Crippen LogP contribution in [0.1, 0.15) is 21.7 Å². The van der Waals surface area contributed by atoms with Crippen LogP contribution < -0.4 is 4.90 Å². The first-order chi connectivity index (χ1) is 11.0. The largest absolute Gasteiger partial charge is 0.368 e. The zero-order valence-electron chi connectivity index (χ0n) is 13.3. The summed E-state index contributed by atoms with van der Waals surface area (Å²) < 4.78 is 13.2. The summed E-state index contributed by atoms with van der Waals surface area (Å²) in [7, 11) is 0. The zero-order valence-corrected chi connectivity index (χ0v) is 13.3. The number of pyridine rings is 2. The summed E-state index contributed by atoms with van der Waals surface area (Å²) in [6.07, 6.45) is 1.46. The molecular weight excluding hydrogens is 295 g/mol. The van der Waals surface area contributed by atoms with Gasteiger partial charge in [0.2, 0.25) is 5.95 Å². The van der Waals surface area contributed by atoms with E-state index >= 15 is 0 Å². The van der Waals surface area contributed by atoms with Crippen LogP contribution >= 0.6 is 0 Å². The fourth-order valence-electron chi connectivity index (χ4n) is 2.87. The van der Waals surface area contributed by atoms with Crippen LogP contribution in [-0.4, -0.2) is 47.0 Å². The molecule has 0 saturated carbocycles. The number of aryl methyl sites for hydroxylation is 2. The summed E-state index contributed by atoms with van der Waals surface area (Å²) in [6, 6.07) is 6.97. The maximum atomic E-state index is 13.2. The first-order valence-corrected chi connectivity index (χ1v) is 7.64. The lowest BCUT2D eigenvalue weighted by molar-refractivity contribution is 0.0740. The molecular formula is C17H19FN4O. The number of hydrogen-bond acceptors (Lipinski definition) is 4. The van der Waals surface area contributed by atoms with E-state index in [9.17, 15) is 9.18 Å². The van der Waals surface area contributed by atoms with Gasteiger partial charge in [0, 0.05) is 49.8 Å². The lowest BCUT2D eigenvalue weighted by Gasteiger charge is -2.36. The quantitative estimate of drug-likeness (QED) is 0.797. The van der Waals surface area contributed by atoms with E-state index in [1.807, 2.05) is 26.0 Å². The van der Waals surface area contributed by atoms with Crippen LogP contribution in [0.5, 0.6) is 0 Å². The van der Waals surface area contributed by atoms with E-state index in [4.69, 9.17) is 0 Å². The third kappa shape index (κ3) is 3.47. The molecule has 3 rings (SSSR count). The average molecular weight is 314 g/mol. The van der Waals surface area contributed by atoms with Gasteiger partial charge in [0.05, 0.1) is 0 Å². The Morgan fingerprint density at radius 3 is 2.52 bits per heavy atom.